The van der Waals surface area contributed by atoms with Gasteiger partial charge in [0.05, 0.1) is 23.8 Å². The molecule has 178 valence electrons. The number of nitrogens with one attached hydrogen (secondary N) is 2. The van der Waals surface area contributed by atoms with Gasteiger partial charge in [0, 0.05) is 30.1 Å². The smallest absolute Gasteiger partial charge is 0.324 e. The number of rotatable bonds is 7. The first-order chi connectivity index (χ1) is 16.8. The Balaban J connectivity index is 1.45. The number of carbonyl (C=O) groups is 2. The zero-order valence-corrected chi connectivity index (χ0v) is 18.9. The fourth-order valence-corrected chi connectivity index (χ4v) is 3.11. The topological polar surface area (TPSA) is 137 Å². The van der Waals surface area contributed by atoms with Crippen LogP contribution in [0.3, 0.4) is 0 Å². The number of ether oxygens (including phenoxy) is 1. The first-order valence-corrected chi connectivity index (χ1v) is 10.6. The van der Waals surface area contributed by atoms with Gasteiger partial charge >= 0.3 is 6.03 Å². The zero-order valence-electron chi connectivity index (χ0n) is 18.9. The number of carbonyl (C=O) groups excluding carboxylic acids is 2. The Morgan fingerprint density at radius 3 is 2.49 bits per heavy atom. The number of hydrogen-bond acceptors (Lipinski definition) is 6. The molecule has 0 bridgehead atoms. The molecule has 0 aliphatic heterocycles. The summed E-state index contributed by atoms with van der Waals surface area (Å²) in [5.41, 5.74) is 6.93. The average molecular weight is 475 g/mol. The van der Waals surface area contributed by atoms with Crippen molar-refractivity contribution >= 4 is 23.4 Å². The van der Waals surface area contributed by atoms with Crippen LogP contribution in [-0.2, 0) is 0 Å². The highest BCUT2D eigenvalue weighted by Crippen LogP contribution is 2.25. The third-order valence-corrected chi connectivity index (χ3v) is 4.83. The second-order valence-electron chi connectivity index (χ2n) is 7.83. The van der Waals surface area contributed by atoms with E-state index in [2.05, 4.69) is 25.7 Å². The normalized spacial score (nSPS) is 10.7. The van der Waals surface area contributed by atoms with E-state index in [1.165, 1.54) is 29.2 Å². The highest BCUT2D eigenvalue weighted by atomic mass is 19.1. The van der Waals surface area contributed by atoms with Crippen molar-refractivity contribution in [3.8, 4) is 17.2 Å². The highest BCUT2D eigenvalue weighted by molar-refractivity contribution is 5.99. The molecule has 4 aromatic rings. The van der Waals surface area contributed by atoms with E-state index >= 15 is 0 Å². The Morgan fingerprint density at radius 1 is 1.03 bits per heavy atom. The minimum atomic E-state index is -0.656. The second kappa shape index (κ2) is 10.00. The predicted molar refractivity (Wildman–Crippen MR) is 127 cm³/mol. The van der Waals surface area contributed by atoms with Gasteiger partial charge in [-0.25, -0.2) is 13.9 Å². The quantitative estimate of drug-likeness (QED) is 0.361. The van der Waals surface area contributed by atoms with Crippen molar-refractivity contribution in [2.45, 2.75) is 19.8 Å². The van der Waals surface area contributed by atoms with Gasteiger partial charge in [0.2, 0.25) is 0 Å². The van der Waals surface area contributed by atoms with E-state index in [1.807, 2.05) is 13.8 Å². The maximum absolute atomic E-state index is 13.7. The minimum absolute atomic E-state index is 0.0892. The first kappa shape index (κ1) is 23.4. The molecule has 4 N–H and O–H groups in total. The average Bonchev–Trinajstić information content (AvgIpc) is 3.24. The number of nitrogens with zero attached hydrogens (tertiary/aromatic N) is 4. The van der Waals surface area contributed by atoms with Gasteiger partial charge in [0.15, 0.2) is 0 Å². The maximum Gasteiger partial charge on any atom is 0.324 e. The summed E-state index contributed by atoms with van der Waals surface area (Å²) in [6.07, 6.45) is 3.97. The van der Waals surface area contributed by atoms with E-state index in [0.29, 0.717) is 28.7 Å². The number of urea groups is 1. The molecule has 0 atom stereocenters. The van der Waals surface area contributed by atoms with Crippen LogP contribution in [0.4, 0.5) is 20.7 Å². The molecule has 0 aliphatic carbocycles. The van der Waals surface area contributed by atoms with Crippen LogP contribution in [-0.4, -0.2) is 31.7 Å². The van der Waals surface area contributed by atoms with Crippen LogP contribution in [0.2, 0.25) is 0 Å². The van der Waals surface area contributed by atoms with Gasteiger partial charge in [-0.3, -0.25) is 20.1 Å². The second-order valence-corrected chi connectivity index (χ2v) is 7.83. The number of primary amides is 1. The van der Waals surface area contributed by atoms with Crippen molar-refractivity contribution in [2.75, 3.05) is 10.6 Å². The predicted octanol–water partition coefficient (Wildman–Crippen LogP) is 4.46. The minimum Gasteiger partial charge on any atom is -0.457 e. The Labute approximate surface area is 200 Å². The molecule has 0 saturated carbocycles. The van der Waals surface area contributed by atoms with Crippen molar-refractivity contribution in [1.29, 1.82) is 0 Å². The molecule has 0 radical (unpaired) electrons. The van der Waals surface area contributed by atoms with Gasteiger partial charge in [-0.2, -0.15) is 5.10 Å². The van der Waals surface area contributed by atoms with E-state index < -0.39 is 17.8 Å². The van der Waals surface area contributed by atoms with E-state index in [9.17, 15) is 14.0 Å². The van der Waals surface area contributed by atoms with Gasteiger partial charge in [0.25, 0.3) is 5.91 Å². The number of nitrogens with two attached hydrogens (primary N) is 1. The fraction of sp³-hybridized carbons (Fsp3) is 0.125. The van der Waals surface area contributed by atoms with E-state index in [1.54, 1.807) is 36.4 Å². The van der Waals surface area contributed by atoms with E-state index in [4.69, 9.17) is 10.5 Å². The van der Waals surface area contributed by atoms with Crippen molar-refractivity contribution in [3.63, 3.8) is 0 Å². The summed E-state index contributed by atoms with van der Waals surface area (Å²) in [6, 6.07) is 12.1. The van der Waals surface area contributed by atoms with Crippen LogP contribution in [0.1, 0.15) is 35.9 Å². The van der Waals surface area contributed by atoms with Crippen molar-refractivity contribution in [2.24, 2.45) is 5.73 Å². The third-order valence-electron chi connectivity index (χ3n) is 4.83. The molecule has 10 nitrogen and oxygen atoms in total. The Kier molecular flexibility index (Phi) is 6.67. The van der Waals surface area contributed by atoms with Gasteiger partial charge < -0.3 is 15.8 Å². The molecule has 11 heteroatoms. The monoisotopic (exact) mass is 475 g/mol. The number of anilines is 2. The van der Waals surface area contributed by atoms with Gasteiger partial charge in [-0.05, 0) is 36.2 Å². The molecule has 0 spiro atoms. The first-order valence-electron chi connectivity index (χ1n) is 10.6. The van der Waals surface area contributed by atoms with Crippen molar-refractivity contribution in [3.05, 3.63) is 84.3 Å². The lowest BCUT2D eigenvalue weighted by Crippen LogP contribution is -2.21. The van der Waals surface area contributed by atoms with Gasteiger partial charge in [-0.15, -0.1) is 0 Å². The molecule has 0 saturated heterocycles. The SMILES string of the molecule is CC(C)c1cc(NC(=O)Nc2ccc(Oc3ccnc(C(N)=O)c3)cc2)n(-c2cncc(F)c2)n1. The molecule has 3 heterocycles. The number of amides is 3. The fourth-order valence-electron chi connectivity index (χ4n) is 3.11. The summed E-state index contributed by atoms with van der Waals surface area (Å²) in [5, 5.41) is 9.94. The van der Waals surface area contributed by atoms with Crippen LogP contribution in [0, 0.1) is 5.82 Å². The summed E-state index contributed by atoms with van der Waals surface area (Å²) < 4.78 is 20.8. The number of benzene rings is 1. The van der Waals surface area contributed by atoms with Crippen molar-refractivity contribution in [1.82, 2.24) is 19.7 Å². The van der Waals surface area contributed by atoms with Gasteiger partial charge in [0.1, 0.15) is 28.8 Å². The molecule has 4 rings (SSSR count). The highest BCUT2D eigenvalue weighted by Gasteiger charge is 2.15. The number of hydrogen-bond donors (Lipinski definition) is 3. The summed E-state index contributed by atoms with van der Waals surface area (Å²) >= 11 is 0. The maximum atomic E-state index is 13.7. The summed E-state index contributed by atoms with van der Waals surface area (Å²) in [7, 11) is 0. The molecular weight excluding hydrogens is 453 g/mol. The van der Waals surface area contributed by atoms with Crippen LogP contribution >= 0.6 is 0 Å². The Bertz CT molecular complexity index is 1370. The van der Waals surface area contributed by atoms with Crippen LogP contribution in [0.25, 0.3) is 5.69 Å². The summed E-state index contributed by atoms with van der Waals surface area (Å²) in [4.78, 5) is 31.6. The standard InChI is InChI=1S/C24H22FN7O3/c1-14(2)20-11-22(32(31-20)17-9-15(25)12-27-13-17)30-24(34)29-16-3-5-18(6-4-16)35-19-7-8-28-21(10-19)23(26)33/h3-14H,1-2H3,(H2,26,33)(H2,29,30,34). The molecule has 3 aromatic heterocycles. The molecule has 1 aromatic carbocycles. The molecule has 0 fully saturated rings. The molecule has 0 aliphatic rings. The molecule has 35 heavy (non-hydrogen) atoms. The lowest BCUT2D eigenvalue weighted by atomic mass is 10.1. The lowest BCUT2D eigenvalue weighted by molar-refractivity contribution is 0.0995. The van der Waals surface area contributed by atoms with Crippen LogP contribution in [0.15, 0.2) is 67.1 Å². The van der Waals surface area contributed by atoms with Crippen LogP contribution < -0.4 is 21.1 Å². The summed E-state index contributed by atoms with van der Waals surface area (Å²) in [6.45, 7) is 3.93. The zero-order chi connectivity index (χ0) is 24.9. The number of pyridine rings is 2. The Morgan fingerprint density at radius 2 is 1.80 bits per heavy atom. The number of halogens is 1. The number of aromatic nitrogens is 4. The lowest BCUT2D eigenvalue weighted by Gasteiger charge is -2.11. The molecule has 0 unspecified atom stereocenters. The molecule has 3 amide bonds. The third kappa shape index (κ3) is 5.77. The van der Waals surface area contributed by atoms with E-state index in [-0.39, 0.29) is 11.6 Å². The summed E-state index contributed by atoms with van der Waals surface area (Å²) in [5.74, 6) is 0.162. The van der Waals surface area contributed by atoms with Gasteiger partial charge in [-0.1, -0.05) is 13.8 Å². The van der Waals surface area contributed by atoms with E-state index in [0.717, 1.165) is 11.9 Å². The largest absolute Gasteiger partial charge is 0.457 e. The molecular formula is C24H22FN7O3. The van der Waals surface area contributed by atoms with Crippen LogP contribution in [0.5, 0.6) is 11.5 Å². The van der Waals surface area contributed by atoms with Crippen molar-refractivity contribution < 1.29 is 18.7 Å². The Hall–Kier alpha value is -4.80.